The number of quaternary nitrogens is 1. The van der Waals surface area contributed by atoms with Crippen molar-refractivity contribution in [2.75, 3.05) is 0 Å². The van der Waals surface area contributed by atoms with Crippen molar-refractivity contribution in [2.24, 2.45) is 0 Å². The smallest absolute Gasteiger partial charge is 0.158 e. The van der Waals surface area contributed by atoms with Crippen molar-refractivity contribution in [2.45, 2.75) is 32.5 Å². The van der Waals surface area contributed by atoms with E-state index in [1.807, 2.05) is 42.5 Å². The van der Waals surface area contributed by atoms with Gasteiger partial charge in [0.2, 0.25) is 0 Å². The zero-order chi connectivity index (χ0) is 16.9. The van der Waals surface area contributed by atoms with Crippen LogP contribution in [0.1, 0.15) is 42.9 Å². The minimum Gasteiger partial charge on any atom is -0.455 e. The van der Waals surface area contributed by atoms with Gasteiger partial charge in [-0.05, 0) is 31.5 Å². The number of benzene rings is 2. The molecule has 0 bridgehead atoms. The quantitative estimate of drug-likeness (QED) is 0.725. The van der Waals surface area contributed by atoms with Gasteiger partial charge in [0.1, 0.15) is 18.3 Å². The van der Waals surface area contributed by atoms with Crippen LogP contribution in [0.5, 0.6) is 0 Å². The normalized spacial score (nSPS) is 13.6. The van der Waals surface area contributed by atoms with Gasteiger partial charge < -0.3 is 14.8 Å². The fourth-order valence-corrected chi connectivity index (χ4v) is 2.75. The average molecular weight is 322 g/mol. The third-order valence-corrected chi connectivity index (χ3v) is 4.34. The molecule has 124 valence electrons. The highest BCUT2D eigenvalue weighted by Gasteiger charge is 2.11. The highest BCUT2D eigenvalue weighted by atomic mass is 16.3. The van der Waals surface area contributed by atoms with Crippen LogP contribution in [-0.4, -0.2) is 5.11 Å². The van der Waals surface area contributed by atoms with E-state index in [0.29, 0.717) is 6.04 Å². The van der Waals surface area contributed by atoms with Crippen LogP contribution in [0.3, 0.4) is 0 Å². The second-order valence-electron chi connectivity index (χ2n) is 6.20. The molecule has 3 aromatic rings. The minimum absolute atomic E-state index is 0.394. The lowest BCUT2D eigenvalue weighted by Crippen LogP contribution is -2.82. The molecule has 2 aromatic carbocycles. The maximum absolute atomic E-state index is 9.58. The van der Waals surface area contributed by atoms with Gasteiger partial charge in [0.05, 0.1) is 6.10 Å². The molecule has 1 aromatic heterocycles. The van der Waals surface area contributed by atoms with Gasteiger partial charge in [-0.3, -0.25) is 0 Å². The van der Waals surface area contributed by atoms with Crippen molar-refractivity contribution in [1.82, 2.24) is 0 Å². The van der Waals surface area contributed by atoms with E-state index in [-0.39, 0.29) is 0 Å². The molecule has 3 heteroatoms. The summed E-state index contributed by atoms with van der Waals surface area (Å²) in [5.74, 6) is 1.83. The standard InChI is InChI=1S/C21H23NO2/c1-15(17-6-4-3-5-7-17)22-14-20-12-13-21(24-20)19-10-8-18(9-11-19)16(2)23/h3-13,15-16,22-23H,14H2,1-2H3/p+1/t15-,16-/m0/s1. The van der Waals surface area contributed by atoms with Crippen LogP contribution in [-0.2, 0) is 6.54 Å². The van der Waals surface area contributed by atoms with Crippen molar-refractivity contribution >= 4 is 0 Å². The SMILES string of the molecule is C[C@H](O)c1ccc(-c2ccc(C[NH2+][C@@H](C)c3ccccc3)o2)cc1. The second kappa shape index (κ2) is 7.47. The van der Waals surface area contributed by atoms with Gasteiger partial charge in [-0.1, -0.05) is 54.6 Å². The van der Waals surface area contributed by atoms with E-state index in [1.165, 1.54) is 5.56 Å². The van der Waals surface area contributed by atoms with Crippen molar-refractivity contribution in [3.8, 4) is 11.3 Å². The predicted octanol–water partition coefficient (Wildman–Crippen LogP) is 3.82. The van der Waals surface area contributed by atoms with Crippen molar-refractivity contribution in [3.63, 3.8) is 0 Å². The molecule has 0 saturated heterocycles. The van der Waals surface area contributed by atoms with Crippen molar-refractivity contribution < 1.29 is 14.8 Å². The van der Waals surface area contributed by atoms with Gasteiger partial charge in [-0.15, -0.1) is 0 Å². The molecule has 0 aliphatic carbocycles. The molecule has 0 unspecified atom stereocenters. The van der Waals surface area contributed by atoms with Crippen LogP contribution in [0.25, 0.3) is 11.3 Å². The van der Waals surface area contributed by atoms with Crippen LogP contribution >= 0.6 is 0 Å². The first-order valence-electron chi connectivity index (χ1n) is 8.39. The Kier molecular flexibility index (Phi) is 5.14. The summed E-state index contributed by atoms with van der Waals surface area (Å²) >= 11 is 0. The Morgan fingerprint density at radius 2 is 1.58 bits per heavy atom. The molecule has 0 radical (unpaired) electrons. The Morgan fingerprint density at radius 1 is 0.875 bits per heavy atom. The first-order valence-corrected chi connectivity index (χ1v) is 8.39. The van der Waals surface area contributed by atoms with Crippen LogP contribution in [0.2, 0.25) is 0 Å². The molecule has 1 heterocycles. The van der Waals surface area contributed by atoms with Gasteiger partial charge in [-0.2, -0.15) is 0 Å². The molecule has 0 saturated carbocycles. The lowest BCUT2D eigenvalue weighted by molar-refractivity contribution is -0.709. The summed E-state index contributed by atoms with van der Waals surface area (Å²) in [6, 6.07) is 22.8. The Balaban J connectivity index is 1.63. The number of hydrogen-bond acceptors (Lipinski definition) is 2. The van der Waals surface area contributed by atoms with E-state index in [1.54, 1.807) is 6.92 Å². The molecule has 0 amide bonds. The Hall–Kier alpha value is -2.36. The number of furan rings is 1. The van der Waals surface area contributed by atoms with Gasteiger partial charge in [0.15, 0.2) is 5.76 Å². The largest absolute Gasteiger partial charge is 0.455 e. The Labute approximate surface area is 143 Å². The molecule has 3 rings (SSSR count). The number of aliphatic hydroxyl groups is 1. The lowest BCUT2D eigenvalue weighted by atomic mass is 10.1. The fraction of sp³-hybridized carbons (Fsp3) is 0.238. The van der Waals surface area contributed by atoms with Crippen LogP contribution in [0, 0.1) is 0 Å². The van der Waals surface area contributed by atoms with E-state index in [0.717, 1.165) is 29.2 Å². The predicted molar refractivity (Wildman–Crippen MR) is 95.3 cm³/mol. The van der Waals surface area contributed by atoms with E-state index in [2.05, 4.69) is 36.5 Å². The first-order chi connectivity index (χ1) is 11.6. The Bertz CT molecular complexity index is 760. The summed E-state index contributed by atoms with van der Waals surface area (Å²) < 4.78 is 5.96. The maximum Gasteiger partial charge on any atom is 0.158 e. The number of aliphatic hydroxyl groups excluding tert-OH is 1. The van der Waals surface area contributed by atoms with E-state index in [9.17, 15) is 5.11 Å². The topological polar surface area (TPSA) is 50.0 Å². The van der Waals surface area contributed by atoms with E-state index in [4.69, 9.17) is 4.42 Å². The van der Waals surface area contributed by atoms with E-state index >= 15 is 0 Å². The first kappa shape index (κ1) is 16.5. The van der Waals surface area contributed by atoms with Crippen LogP contribution in [0.15, 0.2) is 71.1 Å². The molecular weight excluding hydrogens is 298 g/mol. The van der Waals surface area contributed by atoms with Crippen molar-refractivity contribution in [3.05, 3.63) is 83.6 Å². The third-order valence-electron chi connectivity index (χ3n) is 4.34. The number of rotatable bonds is 6. The summed E-state index contributed by atoms with van der Waals surface area (Å²) in [5.41, 5.74) is 3.26. The van der Waals surface area contributed by atoms with Gasteiger partial charge in [0, 0.05) is 11.1 Å². The summed E-state index contributed by atoms with van der Waals surface area (Å²) in [5, 5.41) is 11.8. The average Bonchev–Trinajstić information content (AvgIpc) is 3.09. The maximum atomic E-state index is 9.58. The molecular formula is C21H24NO2+. The number of hydrogen-bond donors (Lipinski definition) is 2. The molecule has 3 N–H and O–H groups in total. The Morgan fingerprint density at radius 3 is 2.25 bits per heavy atom. The summed E-state index contributed by atoms with van der Waals surface area (Å²) in [6.45, 7) is 4.78. The van der Waals surface area contributed by atoms with Crippen LogP contribution in [0.4, 0.5) is 0 Å². The fourth-order valence-electron chi connectivity index (χ4n) is 2.75. The summed E-state index contributed by atoms with van der Waals surface area (Å²) in [7, 11) is 0. The monoisotopic (exact) mass is 322 g/mol. The summed E-state index contributed by atoms with van der Waals surface area (Å²) in [4.78, 5) is 0. The van der Waals surface area contributed by atoms with Gasteiger partial charge in [0.25, 0.3) is 0 Å². The molecule has 0 fully saturated rings. The molecule has 0 aliphatic rings. The third kappa shape index (κ3) is 3.94. The molecule has 3 nitrogen and oxygen atoms in total. The molecule has 0 spiro atoms. The highest BCUT2D eigenvalue weighted by Crippen LogP contribution is 2.24. The summed E-state index contributed by atoms with van der Waals surface area (Å²) in [6.07, 6.45) is -0.444. The molecule has 2 atom stereocenters. The van der Waals surface area contributed by atoms with Crippen LogP contribution < -0.4 is 5.32 Å². The number of nitrogens with two attached hydrogens (primary N) is 1. The van der Waals surface area contributed by atoms with E-state index < -0.39 is 6.10 Å². The van der Waals surface area contributed by atoms with Gasteiger partial charge >= 0.3 is 0 Å². The highest BCUT2D eigenvalue weighted by molar-refractivity contribution is 5.58. The zero-order valence-corrected chi connectivity index (χ0v) is 14.1. The minimum atomic E-state index is -0.444. The second-order valence-corrected chi connectivity index (χ2v) is 6.20. The molecule has 0 aliphatic heterocycles. The molecule has 24 heavy (non-hydrogen) atoms. The van der Waals surface area contributed by atoms with Gasteiger partial charge in [-0.25, -0.2) is 0 Å². The lowest BCUT2D eigenvalue weighted by Gasteiger charge is -2.09. The zero-order valence-electron chi connectivity index (χ0n) is 14.1. The van der Waals surface area contributed by atoms with Crippen molar-refractivity contribution in [1.29, 1.82) is 0 Å².